The van der Waals surface area contributed by atoms with Crippen molar-refractivity contribution < 1.29 is 9.90 Å². The van der Waals surface area contributed by atoms with Gasteiger partial charge in [-0.25, -0.2) is 4.79 Å². The Bertz CT molecular complexity index is 433. The number of nitrogen functional groups attached to an aromatic ring is 1. The van der Waals surface area contributed by atoms with Crippen LogP contribution < -0.4 is 11.1 Å². The summed E-state index contributed by atoms with van der Waals surface area (Å²) in [5.74, 6) is -0.943. The van der Waals surface area contributed by atoms with Gasteiger partial charge in [-0.1, -0.05) is 0 Å². The molecule has 0 amide bonds. The monoisotopic (exact) mass is 265 g/mol. The van der Waals surface area contributed by atoms with E-state index in [4.69, 9.17) is 10.8 Å². The van der Waals surface area contributed by atoms with Crippen LogP contribution >= 0.6 is 0 Å². The number of nitrogens with two attached hydrogens (primary N) is 1. The molecule has 1 aromatic rings. The minimum absolute atomic E-state index is 0.256. The van der Waals surface area contributed by atoms with Crippen molar-refractivity contribution in [1.29, 1.82) is 0 Å². The average molecular weight is 265 g/mol. The molecule has 0 heterocycles. The number of benzene rings is 1. The molecule has 5 heteroatoms. The third-order valence-corrected chi connectivity index (χ3v) is 3.16. The first-order valence-corrected chi connectivity index (χ1v) is 6.48. The van der Waals surface area contributed by atoms with Crippen molar-refractivity contribution in [2.75, 3.05) is 31.2 Å². The van der Waals surface area contributed by atoms with Crippen molar-refractivity contribution in [2.45, 2.75) is 26.3 Å². The number of hydrogen-bond donors (Lipinski definition) is 3. The smallest absolute Gasteiger partial charge is 0.337 e. The Kier molecular flexibility index (Phi) is 5.63. The second-order valence-electron chi connectivity index (χ2n) is 4.96. The van der Waals surface area contributed by atoms with Crippen LogP contribution in [0, 0.1) is 0 Å². The number of rotatable bonds is 7. The third-order valence-electron chi connectivity index (χ3n) is 3.16. The molecule has 0 radical (unpaired) electrons. The van der Waals surface area contributed by atoms with Crippen LogP contribution in [0.5, 0.6) is 0 Å². The molecule has 0 fully saturated rings. The Morgan fingerprint density at radius 2 is 2.16 bits per heavy atom. The van der Waals surface area contributed by atoms with Gasteiger partial charge in [0.1, 0.15) is 0 Å². The number of aromatic carboxylic acids is 1. The van der Waals surface area contributed by atoms with E-state index in [9.17, 15) is 4.79 Å². The van der Waals surface area contributed by atoms with Crippen LogP contribution in [-0.2, 0) is 0 Å². The summed E-state index contributed by atoms with van der Waals surface area (Å²) < 4.78 is 0. The SMILES string of the molecule is CC(C)N(C)CCCNc1cc(N)ccc1C(=O)O. The second kappa shape index (κ2) is 6.99. The first kappa shape index (κ1) is 15.3. The molecule has 0 aliphatic carbocycles. The maximum Gasteiger partial charge on any atom is 0.337 e. The molecule has 19 heavy (non-hydrogen) atoms. The van der Waals surface area contributed by atoms with Gasteiger partial charge in [0.2, 0.25) is 0 Å². The van der Waals surface area contributed by atoms with E-state index < -0.39 is 5.97 Å². The van der Waals surface area contributed by atoms with Gasteiger partial charge in [-0.3, -0.25) is 0 Å². The number of carbonyl (C=O) groups is 1. The maximum atomic E-state index is 11.1. The van der Waals surface area contributed by atoms with Crippen LogP contribution in [0.2, 0.25) is 0 Å². The molecule has 0 saturated heterocycles. The Morgan fingerprint density at radius 3 is 2.74 bits per heavy atom. The predicted molar refractivity (Wildman–Crippen MR) is 78.7 cm³/mol. The molecule has 4 N–H and O–H groups in total. The third kappa shape index (κ3) is 4.79. The topological polar surface area (TPSA) is 78.6 Å². The van der Waals surface area contributed by atoms with Gasteiger partial charge in [-0.2, -0.15) is 0 Å². The first-order chi connectivity index (χ1) is 8.91. The molecule has 0 aliphatic heterocycles. The van der Waals surface area contributed by atoms with Crippen molar-refractivity contribution in [1.82, 2.24) is 4.90 Å². The van der Waals surface area contributed by atoms with Crippen molar-refractivity contribution in [3.05, 3.63) is 23.8 Å². The number of nitrogens with zero attached hydrogens (tertiary/aromatic N) is 1. The molecule has 1 rings (SSSR count). The first-order valence-electron chi connectivity index (χ1n) is 6.48. The van der Waals surface area contributed by atoms with Gasteiger partial charge in [-0.15, -0.1) is 0 Å². The van der Waals surface area contributed by atoms with E-state index in [2.05, 4.69) is 31.1 Å². The van der Waals surface area contributed by atoms with E-state index in [-0.39, 0.29) is 5.56 Å². The molecule has 0 bridgehead atoms. The number of carboxylic acid groups (broad SMARTS) is 1. The van der Waals surface area contributed by atoms with Gasteiger partial charge in [0.25, 0.3) is 0 Å². The second-order valence-corrected chi connectivity index (χ2v) is 4.96. The van der Waals surface area contributed by atoms with Crippen LogP contribution in [0.25, 0.3) is 0 Å². The van der Waals surface area contributed by atoms with Gasteiger partial charge in [0.05, 0.1) is 11.3 Å². The highest BCUT2D eigenvalue weighted by Gasteiger charge is 2.10. The van der Waals surface area contributed by atoms with Crippen LogP contribution in [0.15, 0.2) is 18.2 Å². The van der Waals surface area contributed by atoms with E-state index >= 15 is 0 Å². The molecular weight excluding hydrogens is 242 g/mol. The fraction of sp³-hybridized carbons (Fsp3) is 0.500. The number of nitrogens with one attached hydrogen (secondary N) is 1. The van der Waals surface area contributed by atoms with E-state index in [0.717, 1.165) is 19.5 Å². The fourth-order valence-electron chi connectivity index (χ4n) is 1.70. The Morgan fingerprint density at radius 1 is 1.47 bits per heavy atom. The molecule has 0 saturated carbocycles. The van der Waals surface area contributed by atoms with E-state index in [1.54, 1.807) is 12.1 Å². The summed E-state index contributed by atoms with van der Waals surface area (Å²) in [6.07, 6.45) is 0.947. The zero-order valence-corrected chi connectivity index (χ0v) is 11.8. The van der Waals surface area contributed by atoms with Crippen LogP contribution in [0.4, 0.5) is 11.4 Å². The predicted octanol–water partition coefficient (Wildman–Crippen LogP) is 2.11. The van der Waals surface area contributed by atoms with Crippen LogP contribution in [0.3, 0.4) is 0 Å². The normalized spacial score (nSPS) is 11.0. The zero-order chi connectivity index (χ0) is 14.4. The van der Waals surface area contributed by atoms with Crippen LogP contribution in [0.1, 0.15) is 30.6 Å². The quantitative estimate of drug-likeness (QED) is 0.520. The molecule has 1 aromatic carbocycles. The van der Waals surface area contributed by atoms with Crippen molar-refractivity contribution in [3.63, 3.8) is 0 Å². The number of hydrogen-bond acceptors (Lipinski definition) is 4. The highest BCUT2D eigenvalue weighted by atomic mass is 16.4. The summed E-state index contributed by atoms with van der Waals surface area (Å²) in [6.45, 7) is 5.98. The molecule has 0 aliphatic rings. The summed E-state index contributed by atoms with van der Waals surface area (Å²) in [5.41, 5.74) is 7.08. The fourth-order valence-corrected chi connectivity index (χ4v) is 1.70. The largest absolute Gasteiger partial charge is 0.478 e. The van der Waals surface area contributed by atoms with Gasteiger partial charge >= 0.3 is 5.97 Å². The lowest BCUT2D eigenvalue weighted by Crippen LogP contribution is -2.28. The lowest BCUT2D eigenvalue weighted by Gasteiger charge is -2.21. The summed E-state index contributed by atoms with van der Waals surface area (Å²) in [7, 11) is 2.08. The standard InChI is InChI=1S/C14H23N3O2/c1-10(2)17(3)8-4-7-16-13-9-11(15)5-6-12(13)14(18)19/h5-6,9-10,16H,4,7-8,15H2,1-3H3,(H,18,19). The van der Waals surface area contributed by atoms with E-state index in [0.29, 0.717) is 17.4 Å². The maximum absolute atomic E-state index is 11.1. The minimum Gasteiger partial charge on any atom is -0.478 e. The van der Waals surface area contributed by atoms with Gasteiger partial charge in [-0.05, 0) is 52.1 Å². The summed E-state index contributed by atoms with van der Waals surface area (Å²) in [4.78, 5) is 13.3. The molecule has 0 spiro atoms. The van der Waals surface area contributed by atoms with Gasteiger partial charge in [0, 0.05) is 18.3 Å². The molecular formula is C14H23N3O2. The molecule has 0 aromatic heterocycles. The lowest BCUT2D eigenvalue weighted by molar-refractivity contribution is 0.0698. The molecule has 0 unspecified atom stereocenters. The highest BCUT2D eigenvalue weighted by molar-refractivity contribution is 5.95. The van der Waals surface area contributed by atoms with Crippen molar-refractivity contribution in [3.8, 4) is 0 Å². The summed E-state index contributed by atoms with van der Waals surface area (Å²) >= 11 is 0. The highest BCUT2D eigenvalue weighted by Crippen LogP contribution is 2.19. The van der Waals surface area contributed by atoms with E-state index in [1.807, 2.05) is 0 Å². The number of anilines is 2. The molecule has 5 nitrogen and oxygen atoms in total. The Labute approximate surface area is 114 Å². The molecule has 0 atom stereocenters. The summed E-state index contributed by atoms with van der Waals surface area (Å²) in [6, 6.07) is 5.30. The lowest BCUT2D eigenvalue weighted by atomic mass is 10.1. The number of carboxylic acids is 1. The van der Waals surface area contributed by atoms with E-state index in [1.165, 1.54) is 6.07 Å². The van der Waals surface area contributed by atoms with Gasteiger partial charge < -0.3 is 21.1 Å². The Hall–Kier alpha value is -1.75. The zero-order valence-electron chi connectivity index (χ0n) is 11.8. The average Bonchev–Trinajstić information content (AvgIpc) is 2.33. The van der Waals surface area contributed by atoms with Gasteiger partial charge in [0.15, 0.2) is 0 Å². The van der Waals surface area contributed by atoms with Crippen molar-refractivity contribution >= 4 is 17.3 Å². The van der Waals surface area contributed by atoms with Crippen molar-refractivity contribution in [2.24, 2.45) is 0 Å². The van der Waals surface area contributed by atoms with Crippen LogP contribution in [-0.4, -0.2) is 42.2 Å². The summed E-state index contributed by atoms with van der Waals surface area (Å²) in [5, 5.41) is 12.2. The molecule has 106 valence electrons. The Balaban J connectivity index is 2.53. The minimum atomic E-state index is -0.943.